The highest BCUT2D eigenvalue weighted by Gasteiger charge is 2.35. The minimum Gasteiger partial charge on any atom is -0.253 e. The Bertz CT molecular complexity index is 737. The summed E-state index contributed by atoms with van der Waals surface area (Å²) in [5, 5.41) is 3.86. The summed E-state index contributed by atoms with van der Waals surface area (Å²) in [6, 6.07) is 32.1. The summed E-state index contributed by atoms with van der Waals surface area (Å²) in [6.45, 7) is 6.70. The minimum atomic E-state index is -0.396. The zero-order chi connectivity index (χ0) is 18.5. The summed E-state index contributed by atoms with van der Waals surface area (Å²) in [6.07, 6.45) is 0. The van der Waals surface area contributed by atoms with E-state index < -0.39 is 5.54 Å². The topological polar surface area (TPSA) is 12.0 Å². The van der Waals surface area contributed by atoms with Crippen LogP contribution in [0.4, 0.5) is 0 Å². The van der Waals surface area contributed by atoms with Gasteiger partial charge in [0.2, 0.25) is 0 Å². The highest BCUT2D eigenvalue weighted by Crippen LogP contribution is 2.38. The first-order chi connectivity index (χ1) is 12.5. The van der Waals surface area contributed by atoms with Gasteiger partial charge < -0.3 is 0 Å². The quantitative estimate of drug-likeness (QED) is 0.418. The fraction of sp³-hybridized carbons (Fsp3) is 0.208. The lowest BCUT2D eigenvalue weighted by Gasteiger charge is -2.35. The van der Waals surface area contributed by atoms with Crippen molar-refractivity contribution < 1.29 is 0 Å². The lowest BCUT2D eigenvalue weighted by Crippen LogP contribution is -2.39. The van der Waals surface area contributed by atoms with Crippen LogP contribution in [0.2, 0.25) is 0 Å². The van der Waals surface area contributed by atoms with Crippen LogP contribution in [-0.4, -0.2) is 5.80 Å². The molecule has 0 radical (unpaired) electrons. The number of hydrogen-bond acceptors (Lipinski definition) is 1. The third-order valence-electron chi connectivity index (χ3n) is 4.30. The van der Waals surface area contributed by atoms with Gasteiger partial charge in [0.05, 0.1) is 0 Å². The predicted octanol–water partition coefficient (Wildman–Crippen LogP) is 6.28. The first kappa shape index (κ1) is 18.6. The third-order valence-corrected chi connectivity index (χ3v) is 5.67. The lowest BCUT2D eigenvalue weighted by atomic mass is 9.78. The normalized spacial score (nSPS) is 12.4. The number of benzene rings is 3. The molecule has 0 aliphatic rings. The summed E-state index contributed by atoms with van der Waals surface area (Å²) in [5.74, 6) is 2.32. The molecule has 0 heterocycles. The van der Waals surface area contributed by atoms with Crippen LogP contribution in [0, 0.1) is 5.41 Å². The molecule has 26 heavy (non-hydrogen) atoms. The van der Waals surface area contributed by atoms with Gasteiger partial charge in [-0.25, -0.2) is 0 Å². The minimum absolute atomic E-state index is 0.157. The maximum Gasteiger partial charge on any atom is 0.102 e. The molecular formula is C24H26NP. The fourth-order valence-electron chi connectivity index (χ4n) is 3.08. The molecule has 0 fully saturated rings. The van der Waals surface area contributed by atoms with E-state index in [9.17, 15) is 0 Å². The summed E-state index contributed by atoms with van der Waals surface area (Å²) >= 11 is 0. The largest absolute Gasteiger partial charge is 0.253 e. The number of rotatable bonds is 5. The molecule has 0 aliphatic heterocycles. The standard InChI is InChI=1S/C24H26NP/c1-23(2,3)19-26-25-24(20-13-7-4-8-14-20,21-15-9-5-10-16-21)22-17-11-6-12-18-22/h4-19,25H,1-3H3. The van der Waals surface area contributed by atoms with Crippen molar-refractivity contribution >= 4 is 14.2 Å². The maximum atomic E-state index is 3.86. The van der Waals surface area contributed by atoms with Crippen LogP contribution in [0.1, 0.15) is 37.5 Å². The van der Waals surface area contributed by atoms with Gasteiger partial charge >= 0.3 is 0 Å². The molecule has 0 atom stereocenters. The van der Waals surface area contributed by atoms with E-state index in [-0.39, 0.29) is 5.41 Å². The van der Waals surface area contributed by atoms with Crippen molar-refractivity contribution in [3.8, 4) is 0 Å². The van der Waals surface area contributed by atoms with Gasteiger partial charge in [-0.15, -0.1) is 0 Å². The van der Waals surface area contributed by atoms with Crippen LogP contribution in [0.15, 0.2) is 91.0 Å². The van der Waals surface area contributed by atoms with E-state index in [1.54, 1.807) is 0 Å². The summed E-state index contributed by atoms with van der Waals surface area (Å²) in [5.41, 5.74) is 3.49. The SMILES string of the molecule is CC(C)(C)C=PNC(c1ccccc1)(c1ccccc1)c1ccccc1. The van der Waals surface area contributed by atoms with Crippen molar-refractivity contribution in [2.45, 2.75) is 26.3 Å². The second kappa shape index (κ2) is 7.99. The van der Waals surface area contributed by atoms with E-state index in [1.165, 1.54) is 16.7 Å². The monoisotopic (exact) mass is 359 g/mol. The van der Waals surface area contributed by atoms with Crippen molar-refractivity contribution in [1.82, 2.24) is 5.09 Å². The molecule has 0 unspecified atom stereocenters. The van der Waals surface area contributed by atoms with Gasteiger partial charge in [-0.1, -0.05) is 112 Å². The molecule has 3 aromatic carbocycles. The van der Waals surface area contributed by atoms with E-state index in [4.69, 9.17) is 0 Å². The molecule has 0 aliphatic carbocycles. The van der Waals surface area contributed by atoms with Crippen molar-refractivity contribution in [2.75, 3.05) is 0 Å². The molecule has 1 nitrogen and oxygen atoms in total. The maximum absolute atomic E-state index is 3.86. The molecule has 0 spiro atoms. The van der Waals surface area contributed by atoms with Gasteiger partial charge in [0.25, 0.3) is 0 Å². The molecular weight excluding hydrogens is 333 g/mol. The molecule has 0 aromatic heterocycles. The fourth-order valence-corrected chi connectivity index (χ4v) is 4.11. The van der Waals surface area contributed by atoms with E-state index in [0.29, 0.717) is 0 Å². The zero-order valence-corrected chi connectivity index (χ0v) is 16.6. The van der Waals surface area contributed by atoms with Gasteiger partial charge in [-0.05, 0) is 36.3 Å². The highest BCUT2D eigenvalue weighted by atomic mass is 31.1. The van der Waals surface area contributed by atoms with Crippen molar-refractivity contribution in [3.63, 3.8) is 0 Å². The van der Waals surface area contributed by atoms with E-state index in [1.807, 2.05) is 0 Å². The summed E-state index contributed by atoms with van der Waals surface area (Å²) in [7, 11) is 1.11. The van der Waals surface area contributed by atoms with Crippen LogP contribution in [0.3, 0.4) is 0 Å². The average molecular weight is 359 g/mol. The third kappa shape index (κ3) is 4.12. The molecule has 0 saturated heterocycles. The van der Waals surface area contributed by atoms with Gasteiger partial charge in [0, 0.05) is 0 Å². The second-order valence-electron chi connectivity index (χ2n) is 7.58. The van der Waals surface area contributed by atoms with Crippen LogP contribution >= 0.6 is 8.35 Å². The first-order valence-electron chi connectivity index (χ1n) is 9.00. The van der Waals surface area contributed by atoms with Gasteiger partial charge in [-0.2, -0.15) is 0 Å². The zero-order valence-electron chi connectivity index (χ0n) is 15.7. The second-order valence-corrected chi connectivity index (χ2v) is 8.32. The van der Waals surface area contributed by atoms with Crippen LogP contribution in [0.5, 0.6) is 0 Å². The Morgan fingerprint density at radius 3 is 1.27 bits per heavy atom. The Kier molecular flexibility index (Phi) is 5.71. The predicted molar refractivity (Wildman–Crippen MR) is 115 cm³/mol. The number of nitrogens with one attached hydrogen (secondary N) is 1. The Labute approximate surface area is 159 Å². The van der Waals surface area contributed by atoms with Gasteiger partial charge in [0.1, 0.15) is 5.54 Å². The van der Waals surface area contributed by atoms with E-state index >= 15 is 0 Å². The van der Waals surface area contributed by atoms with Crippen molar-refractivity contribution in [2.24, 2.45) is 5.41 Å². The van der Waals surface area contributed by atoms with E-state index in [2.05, 4.69) is 123 Å². The lowest BCUT2D eigenvalue weighted by molar-refractivity contribution is 0.597. The van der Waals surface area contributed by atoms with Crippen molar-refractivity contribution in [1.29, 1.82) is 0 Å². The molecule has 0 saturated carbocycles. The first-order valence-corrected chi connectivity index (χ1v) is 9.97. The Morgan fingerprint density at radius 1 is 0.615 bits per heavy atom. The Hall–Kier alpha value is -2.21. The highest BCUT2D eigenvalue weighted by molar-refractivity contribution is 7.36. The molecule has 3 rings (SSSR count). The summed E-state index contributed by atoms with van der Waals surface area (Å²) in [4.78, 5) is 0. The molecule has 2 heteroatoms. The summed E-state index contributed by atoms with van der Waals surface area (Å²) < 4.78 is 0. The molecule has 0 amide bonds. The smallest absolute Gasteiger partial charge is 0.102 e. The Morgan fingerprint density at radius 2 is 0.962 bits per heavy atom. The van der Waals surface area contributed by atoms with Gasteiger partial charge in [0.15, 0.2) is 0 Å². The Balaban J connectivity index is 2.23. The van der Waals surface area contributed by atoms with Crippen molar-refractivity contribution in [3.05, 3.63) is 108 Å². The molecule has 0 bridgehead atoms. The molecule has 132 valence electrons. The average Bonchev–Trinajstić information content (AvgIpc) is 2.67. The number of hydrogen-bond donors (Lipinski definition) is 1. The molecule has 1 N–H and O–H groups in total. The van der Waals surface area contributed by atoms with Crippen LogP contribution in [-0.2, 0) is 5.54 Å². The molecule has 3 aromatic rings. The van der Waals surface area contributed by atoms with Crippen LogP contribution in [0.25, 0.3) is 0 Å². The van der Waals surface area contributed by atoms with Gasteiger partial charge in [-0.3, -0.25) is 5.09 Å². The van der Waals surface area contributed by atoms with Crippen LogP contribution < -0.4 is 5.09 Å². The van der Waals surface area contributed by atoms with E-state index in [0.717, 1.165) is 8.35 Å².